The van der Waals surface area contributed by atoms with E-state index < -0.39 is 0 Å². The van der Waals surface area contributed by atoms with E-state index in [9.17, 15) is 4.79 Å². The quantitative estimate of drug-likeness (QED) is 0.793. The number of amides is 1. The van der Waals surface area contributed by atoms with Crippen LogP contribution in [-0.2, 0) is 4.79 Å². The van der Waals surface area contributed by atoms with Gasteiger partial charge in [0.1, 0.15) is 0 Å². The number of nitrogens with zero attached hydrogens (tertiary/aromatic N) is 2. The molecule has 3 rings (SSSR count). The van der Waals surface area contributed by atoms with E-state index in [1.165, 1.54) is 11.8 Å². The Labute approximate surface area is 166 Å². The molecule has 5 heteroatoms. The van der Waals surface area contributed by atoms with Crippen molar-refractivity contribution in [2.24, 2.45) is 0 Å². The molecule has 1 saturated heterocycles. The average Bonchev–Trinajstić information content (AvgIpc) is 2.68. The molecule has 142 valence electrons. The summed E-state index contributed by atoms with van der Waals surface area (Å²) in [5.74, 6) is -0.132. The van der Waals surface area contributed by atoms with Crippen molar-refractivity contribution in [1.29, 1.82) is 0 Å². The summed E-state index contributed by atoms with van der Waals surface area (Å²) < 4.78 is 0. The normalized spacial score (nSPS) is 16.5. The second kappa shape index (κ2) is 9.07. The summed E-state index contributed by atoms with van der Waals surface area (Å²) in [5, 5.41) is 3.66. The number of anilines is 1. The van der Waals surface area contributed by atoms with Gasteiger partial charge in [-0.05, 0) is 49.4 Å². The van der Waals surface area contributed by atoms with Crippen LogP contribution >= 0.6 is 11.6 Å². The van der Waals surface area contributed by atoms with Crippen molar-refractivity contribution in [2.75, 3.05) is 38.1 Å². The molecule has 0 saturated carbocycles. The molecule has 4 nitrogen and oxygen atoms in total. The first-order valence-electron chi connectivity index (χ1n) is 9.29. The molecule has 0 aliphatic carbocycles. The van der Waals surface area contributed by atoms with Crippen LogP contribution in [-0.4, -0.2) is 44.0 Å². The van der Waals surface area contributed by atoms with Gasteiger partial charge in [-0.2, -0.15) is 0 Å². The van der Waals surface area contributed by atoms with E-state index in [4.69, 9.17) is 11.6 Å². The lowest BCUT2D eigenvalue weighted by Gasteiger charge is -2.34. The van der Waals surface area contributed by atoms with E-state index in [0.717, 1.165) is 37.3 Å². The number of rotatable bonds is 5. The topological polar surface area (TPSA) is 35.6 Å². The third-order valence-corrected chi connectivity index (χ3v) is 5.26. The van der Waals surface area contributed by atoms with Crippen molar-refractivity contribution in [3.63, 3.8) is 0 Å². The smallest absolute Gasteiger partial charge is 0.244 e. The third-order valence-electron chi connectivity index (χ3n) is 4.92. The summed E-state index contributed by atoms with van der Waals surface area (Å²) in [4.78, 5) is 17.0. The Morgan fingerprint density at radius 3 is 2.59 bits per heavy atom. The standard InChI is InChI=1S/C22H26ClN3O/c1-17(24-22(27)11-10-18-6-3-4-9-21(18)23)19-7-5-8-20(16-19)26-14-12-25(2)13-15-26/h3-11,16-17H,12-15H2,1-2H3,(H,24,27)/t17-/m0/s1. The second-order valence-electron chi connectivity index (χ2n) is 6.97. The number of nitrogens with one attached hydrogen (secondary N) is 1. The van der Waals surface area contributed by atoms with Crippen LogP contribution in [0.25, 0.3) is 6.08 Å². The highest BCUT2D eigenvalue weighted by molar-refractivity contribution is 6.32. The van der Waals surface area contributed by atoms with Crippen molar-refractivity contribution in [3.8, 4) is 0 Å². The van der Waals surface area contributed by atoms with Crippen molar-refractivity contribution >= 4 is 29.3 Å². The molecule has 27 heavy (non-hydrogen) atoms. The minimum absolute atomic E-state index is 0.0687. The molecule has 0 bridgehead atoms. The van der Waals surface area contributed by atoms with Gasteiger partial charge in [0, 0.05) is 43.0 Å². The molecular weight excluding hydrogens is 358 g/mol. The van der Waals surface area contributed by atoms with Crippen LogP contribution in [0.15, 0.2) is 54.6 Å². The Morgan fingerprint density at radius 2 is 1.85 bits per heavy atom. The van der Waals surface area contributed by atoms with E-state index >= 15 is 0 Å². The Bertz CT molecular complexity index is 813. The first kappa shape index (κ1) is 19.5. The average molecular weight is 384 g/mol. The van der Waals surface area contributed by atoms with Crippen molar-refractivity contribution in [1.82, 2.24) is 10.2 Å². The van der Waals surface area contributed by atoms with Crippen molar-refractivity contribution < 1.29 is 4.79 Å². The zero-order valence-corrected chi connectivity index (χ0v) is 16.6. The summed E-state index contributed by atoms with van der Waals surface area (Å²) in [7, 11) is 2.15. The molecule has 1 N–H and O–H groups in total. The second-order valence-corrected chi connectivity index (χ2v) is 7.38. The maximum Gasteiger partial charge on any atom is 0.244 e. The predicted octanol–water partition coefficient (Wildman–Crippen LogP) is 3.98. The van der Waals surface area contributed by atoms with Gasteiger partial charge in [0.25, 0.3) is 0 Å². The molecule has 1 aliphatic heterocycles. The lowest BCUT2D eigenvalue weighted by atomic mass is 10.1. The fourth-order valence-corrected chi connectivity index (χ4v) is 3.37. The fourth-order valence-electron chi connectivity index (χ4n) is 3.18. The van der Waals surface area contributed by atoms with Gasteiger partial charge >= 0.3 is 0 Å². The monoisotopic (exact) mass is 383 g/mol. The van der Waals surface area contributed by atoms with Gasteiger partial charge in [-0.15, -0.1) is 0 Å². The summed E-state index contributed by atoms with van der Waals surface area (Å²) in [6, 6.07) is 15.8. The lowest BCUT2D eigenvalue weighted by Crippen LogP contribution is -2.44. The molecule has 1 atom stereocenters. The van der Waals surface area contributed by atoms with Gasteiger partial charge in [0.2, 0.25) is 5.91 Å². The Balaban J connectivity index is 1.62. The van der Waals surface area contributed by atoms with Gasteiger partial charge in [0.05, 0.1) is 6.04 Å². The number of benzene rings is 2. The highest BCUT2D eigenvalue weighted by Crippen LogP contribution is 2.22. The molecule has 1 aliphatic rings. The van der Waals surface area contributed by atoms with E-state index in [2.05, 4.69) is 46.4 Å². The van der Waals surface area contributed by atoms with Gasteiger partial charge in [-0.25, -0.2) is 0 Å². The number of hydrogen-bond acceptors (Lipinski definition) is 3. The summed E-state index contributed by atoms with van der Waals surface area (Å²) in [6.45, 7) is 6.21. The Hall–Kier alpha value is -2.30. The number of halogens is 1. The predicted molar refractivity (Wildman–Crippen MR) is 113 cm³/mol. The molecule has 0 radical (unpaired) electrons. The Kier molecular flexibility index (Phi) is 6.54. The zero-order chi connectivity index (χ0) is 19.2. The van der Waals surface area contributed by atoms with E-state index in [1.54, 1.807) is 6.08 Å². The van der Waals surface area contributed by atoms with Gasteiger partial charge in [-0.3, -0.25) is 4.79 Å². The van der Waals surface area contributed by atoms with E-state index in [-0.39, 0.29) is 11.9 Å². The van der Waals surface area contributed by atoms with Crippen molar-refractivity contribution in [3.05, 3.63) is 70.8 Å². The van der Waals surface area contributed by atoms with Crippen LogP contribution in [0.1, 0.15) is 24.1 Å². The molecule has 1 heterocycles. The first-order valence-corrected chi connectivity index (χ1v) is 9.67. The van der Waals surface area contributed by atoms with Crippen molar-refractivity contribution in [2.45, 2.75) is 13.0 Å². The maximum atomic E-state index is 12.3. The summed E-state index contributed by atoms with van der Waals surface area (Å²) >= 11 is 6.12. The maximum absolute atomic E-state index is 12.3. The van der Waals surface area contributed by atoms with Crippen LogP contribution in [0, 0.1) is 0 Å². The molecule has 0 unspecified atom stereocenters. The van der Waals surface area contributed by atoms with Crippen LogP contribution in [0.5, 0.6) is 0 Å². The first-order chi connectivity index (χ1) is 13.0. The van der Waals surface area contributed by atoms with Crippen LogP contribution < -0.4 is 10.2 Å². The number of carbonyl (C=O) groups is 1. The largest absolute Gasteiger partial charge is 0.369 e. The van der Waals surface area contributed by atoms with E-state index in [0.29, 0.717) is 5.02 Å². The fraction of sp³-hybridized carbons (Fsp3) is 0.318. The molecule has 2 aromatic carbocycles. The van der Waals surface area contributed by atoms with Crippen LogP contribution in [0.2, 0.25) is 5.02 Å². The molecular formula is C22H26ClN3O. The molecule has 0 aromatic heterocycles. The molecule has 0 spiro atoms. The molecule has 1 amide bonds. The third kappa shape index (κ3) is 5.34. The Morgan fingerprint density at radius 1 is 1.11 bits per heavy atom. The zero-order valence-electron chi connectivity index (χ0n) is 15.9. The van der Waals surface area contributed by atoms with Gasteiger partial charge in [-0.1, -0.05) is 41.9 Å². The van der Waals surface area contributed by atoms with Gasteiger partial charge < -0.3 is 15.1 Å². The lowest BCUT2D eigenvalue weighted by molar-refractivity contribution is -0.117. The highest BCUT2D eigenvalue weighted by Gasteiger charge is 2.15. The number of carbonyl (C=O) groups excluding carboxylic acids is 1. The van der Waals surface area contributed by atoms with E-state index in [1.807, 2.05) is 31.2 Å². The minimum atomic E-state index is -0.132. The van der Waals surface area contributed by atoms with Crippen LogP contribution in [0.4, 0.5) is 5.69 Å². The SMILES string of the molecule is C[C@H](NC(=O)C=Cc1ccccc1Cl)c1cccc(N2CCN(C)CC2)c1. The molecule has 1 fully saturated rings. The molecule has 2 aromatic rings. The van der Waals surface area contributed by atoms with Gasteiger partial charge in [0.15, 0.2) is 0 Å². The number of piperazine rings is 1. The summed E-state index contributed by atoms with van der Waals surface area (Å²) in [5.41, 5.74) is 3.15. The highest BCUT2D eigenvalue weighted by atomic mass is 35.5. The van der Waals surface area contributed by atoms with Crippen LogP contribution in [0.3, 0.4) is 0 Å². The number of hydrogen-bond donors (Lipinski definition) is 1. The number of likely N-dealkylation sites (N-methyl/N-ethyl adjacent to an activating group) is 1. The summed E-state index contributed by atoms with van der Waals surface area (Å²) in [6.07, 6.45) is 3.27. The minimum Gasteiger partial charge on any atom is -0.369 e.